The molecule has 5 heteroatoms. The molecule has 0 saturated carbocycles. The van der Waals surface area contributed by atoms with Crippen molar-refractivity contribution in [1.29, 1.82) is 0 Å². The van der Waals surface area contributed by atoms with Gasteiger partial charge in [-0.1, -0.05) is 0 Å². The Morgan fingerprint density at radius 3 is 2.83 bits per heavy atom. The predicted molar refractivity (Wildman–Crippen MR) is 72.4 cm³/mol. The summed E-state index contributed by atoms with van der Waals surface area (Å²) in [6.07, 6.45) is 3.61. The molecule has 1 N–H and O–H groups in total. The number of nitrogens with zero attached hydrogens (tertiary/aromatic N) is 1. The molecule has 1 aromatic rings. The number of pyridine rings is 1. The van der Waals surface area contributed by atoms with Gasteiger partial charge in [-0.15, -0.1) is 0 Å². The Hall–Kier alpha value is -0.940. The van der Waals surface area contributed by atoms with Crippen LogP contribution in [0.2, 0.25) is 0 Å². The number of carbonyl (C=O) groups excluding carboxylic acids is 1. The Morgan fingerprint density at radius 1 is 1.50 bits per heavy atom. The summed E-state index contributed by atoms with van der Waals surface area (Å²) in [5.74, 6) is 0.445. The fourth-order valence-electron chi connectivity index (χ4n) is 2.13. The smallest absolute Gasteiger partial charge is 0.253 e. The second-order valence-electron chi connectivity index (χ2n) is 4.58. The molecule has 98 valence electrons. The van der Waals surface area contributed by atoms with Crippen LogP contribution in [-0.2, 0) is 4.74 Å². The van der Waals surface area contributed by atoms with Gasteiger partial charge in [0.25, 0.3) is 5.91 Å². The number of amides is 1. The average Bonchev–Trinajstić information content (AvgIpc) is 2.40. The van der Waals surface area contributed by atoms with Crippen LogP contribution in [-0.4, -0.2) is 30.1 Å². The number of rotatable bonds is 3. The van der Waals surface area contributed by atoms with Crippen molar-refractivity contribution in [3.05, 3.63) is 28.5 Å². The second-order valence-corrected chi connectivity index (χ2v) is 5.39. The van der Waals surface area contributed by atoms with Gasteiger partial charge in [0.2, 0.25) is 0 Å². The Morgan fingerprint density at radius 2 is 2.22 bits per heavy atom. The van der Waals surface area contributed by atoms with E-state index in [1.807, 2.05) is 0 Å². The zero-order chi connectivity index (χ0) is 13.0. The number of aromatic nitrogens is 1. The highest BCUT2D eigenvalue weighted by Gasteiger charge is 2.22. The van der Waals surface area contributed by atoms with E-state index >= 15 is 0 Å². The first kappa shape index (κ1) is 13.5. The molecule has 1 atom stereocenters. The molecule has 1 amide bonds. The van der Waals surface area contributed by atoms with E-state index in [1.54, 1.807) is 18.3 Å². The van der Waals surface area contributed by atoms with Gasteiger partial charge < -0.3 is 10.1 Å². The Kier molecular flexibility index (Phi) is 4.72. The molecule has 0 aromatic carbocycles. The summed E-state index contributed by atoms with van der Waals surface area (Å²) in [5, 5.41) is 3.04. The third-order valence-electron chi connectivity index (χ3n) is 3.32. The SMILES string of the molecule is CC(NC(=O)c1ccc(Br)nc1)C1CCOCC1. The lowest BCUT2D eigenvalue weighted by Gasteiger charge is -2.28. The third-order valence-corrected chi connectivity index (χ3v) is 3.79. The minimum atomic E-state index is -0.0611. The van der Waals surface area contributed by atoms with Gasteiger partial charge in [-0.3, -0.25) is 4.79 Å². The molecule has 1 unspecified atom stereocenters. The molecule has 2 heterocycles. The van der Waals surface area contributed by atoms with E-state index in [0.717, 1.165) is 30.7 Å². The van der Waals surface area contributed by atoms with Crippen molar-refractivity contribution in [3.8, 4) is 0 Å². The number of hydrogen-bond acceptors (Lipinski definition) is 3. The molecular weight excluding hydrogens is 296 g/mol. The first-order valence-corrected chi connectivity index (χ1v) is 6.96. The second kappa shape index (κ2) is 6.29. The van der Waals surface area contributed by atoms with E-state index in [-0.39, 0.29) is 11.9 Å². The maximum absolute atomic E-state index is 12.0. The molecule has 1 aliphatic rings. The highest BCUT2D eigenvalue weighted by atomic mass is 79.9. The zero-order valence-corrected chi connectivity index (χ0v) is 11.9. The molecule has 18 heavy (non-hydrogen) atoms. The highest BCUT2D eigenvalue weighted by Crippen LogP contribution is 2.18. The first-order valence-electron chi connectivity index (χ1n) is 6.17. The monoisotopic (exact) mass is 312 g/mol. The van der Waals surface area contributed by atoms with Crippen LogP contribution >= 0.6 is 15.9 Å². The minimum absolute atomic E-state index is 0.0611. The van der Waals surface area contributed by atoms with E-state index < -0.39 is 0 Å². The maximum Gasteiger partial charge on any atom is 0.253 e. The lowest BCUT2D eigenvalue weighted by Crippen LogP contribution is -2.40. The summed E-state index contributed by atoms with van der Waals surface area (Å²) >= 11 is 3.25. The van der Waals surface area contributed by atoms with E-state index in [4.69, 9.17) is 4.74 Å². The lowest BCUT2D eigenvalue weighted by atomic mass is 9.93. The molecule has 1 fully saturated rings. The van der Waals surface area contributed by atoms with E-state index in [1.165, 1.54) is 0 Å². The summed E-state index contributed by atoms with van der Waals surface area (Å²) in [6, 6.07) is 3.71. The van der Waals surface area contributed by atoms with E-state index in [0.29, 0.717) is 11.5 Å². The van der Waals surface area contributed by atoms with Crippen molar-refractivity contribution >= 4 is 21.8 Å². The van der Waals surface area contributed by atoms with Crippen LogP contribution in [0.5, 0.6) is 0 Å². The van der Waals surface area contributed by atoms with Crippen molar-refractivity contribution in [2.75, 3.05) is 13.2 Å². The summed E-state index contributed by atoms with van der Waals surface area (Å²) in [6.45, 7) is 3.65. The molecule has 1 aliphatic heterocycles. The number of ether oxygens (including phenoxy) is 1. The molecular formula is C13H17BrN2O2. The maximum atomic E-state index is 12.0. The van der Waals surface area contributed by atoms with Crippen LogP contribution in [0.3, 0.4) is 0 Å². The number of carbonyl (C=O) groups is 1. The van der Waals surface area contributed by atoms with Crippen LogP contribution < -0.4 is 5.32 Å². The third kappa shape index (κ3) is 3.53. The number of nitrogens with one attached hydrogen (secondary N) is 1. The quantitative estimate of drug-likeness (QED) is 0.872. The lowest BCUT2D eigenvalue weighted by molar-refractivity contribution is 0.0538. The van der Waals surface area contributed by atoms with Crippen molar-refractivity contribution in [3.63, 3.8) is 0 Å². The summed E-state index contributed by atoms with van der Waals surface area (Å²) in [5.41, 5.74) is 0.595. The topological polar surface area (TPSA) is 51.2 Å². The highest BCUT2D eigenvalue weighted by molar-refractivity contribution is 9.10. The van der Waals surface area contributed by atoms with Crippen LogP contribution in [0.4, 0.5) is 0 Å². The van der Waals surface area contributed by atoms with Gasteiger partial charge in [0.05, 0.1) is 5.56 Å². The van der Waals surface area contributed by atoms with Crippen molar-refractivity contribution in [1.82, 2.24) is 10.3 Å². The van der Waals surface area contributed by atoms with Gasteiger partial charge in [0, 0.05) is 25.5 Å². The summed E-state index contributed by atoms with van der Waals surface area (Å²) < 4.78 is 6.06. The van der Waals surface area contributed by atoms with E-state index in [9.17, 15) is 4.79 Å². The van der Waals surface area contributed by atoms with Gasteiger partial charge in [-0.2, -0.15) is 0 Å². The Labute approximate surface area is 115 Å². The molecule has 1 aromatic heterocycles. The molecule has 4 nitrogen and oxygen atoms in total. The number of hydrogen-bond donors (Lipinski definition) is 1. The first-order chi connectivity index (χ1) is 8.66. The van der Waals surface area contributed by atoms with Crippen LogP contribution in [0, 0.1) is 5.92 Å². The molecule has 0 aliphatic carbocycles. The molecule has 2 rings (SSSR count). The van der Waals surface area contributed by atoms with Gasteiger partial charge >= 0.3 is 0 Å². The fourth-order valence-corrected chi connectivity index (χ4v) is 2.37. The number of halogens is 1. The summed E-state index contributed by atoms with van der Waals surface area (Å²) in [4.78, 5) is 16.1. The molecule has 0 radical (unpaired) electrons. The van der Waals surface area contributed by atoms with Crippen molar-refractivity contribution in [2.24, 2.45) is 5.92 Å². The van der Waals surface area contributed by atoms with Gasteiger partial charge in [0.1, 0.15) is 4.60 Å². The van der Waals surface area contributed by atoms with Crippen molar-refractivity contribution < 1.29 is 9.53 Å². The predicted octanol–water partition coefficient (Wildman–Crippen LogP) is 2.39. The standard InChI is InChI=1S/C13H17BrN2O2/c1-9(10-4-6-18-7-5-10)16-13(17)11-2-3-12(14)15-8-11/h2-3,8-10H,4-7H2,1H3,(H,16,17). The van der Waals surface area contributed by atoms with Gasteiger partial charge in [-0.25, -0.2) is 4.98 Å². The van der Waals surface area contributed by atoms with Gasteiger partial charge in [-0.05, 0) is 53.7 Å². The minimum Gasteiger partial charge on any atom is -0.381 e. The molecule has 1 saturated heterocycles. The Bertz CT molecular complexity index is 402. The van der Waals surface area contributed by atoms with E-state index in [2.05, 4.69) is 33.2 Å². The zero-order valence-electron chi connectivity index (χ0n) is 10.4. The largest absolute Gasteiger partial charge is 0.381 e. The molecule has 0 spiro atoms. The summed E-state index contributed by atoms with van der Waals surface area (Å²) in [7, 11) is 0. The fraction of sp³-hybridized carbons (Fsp3) is 0.538. The van der Waals surface area contributed by atoms with Crippen LogP contribution in [0.15, 0.2) is 22.9 Å². The van der Waals surface area contributed by atoms with Gasteiger partial charge in [0.15, 0.2) is 0 Å². The Balaban J connectivity index is 1.91. The molecule has 0 bridgehead atoms. The van der Waals surface area contributed by atoms with Crippen molar-refractivity contribution in [2.45, 2.75) is 25.8 Å². The average molecular weight is 313 g/mol. The van der Waals surface area contributed by atoms with Crippen LogP contribution in [0.1, 0.15) is 30.1 Å². The normalized spacial score (nSPS) is 18.3. The van der Waals surface area contributed by atoms with Crippen LogP contribution in [0.25, 0.3) is 0 Å².